The predicted octanol–water partition coefficient (Wildman–Crippen LogP) is 5.13. The zero-order valence-electron chi connectivity index (χ0n) is 19.7. The smallest absolute Gasteiger partial charge is 0.336 e. The highest BCUT2D eigenvalue weighted by Gasteiger charge is 2.26. The van der Waals surface area contributed by atoms with Crippen LogP contribution in [0.2, 0.25) is 0 Å². The van der Waals surface area contributed by atoms with Gasteiger partial charge in [0.1, 0.15) is 5.75 Å². The maximum absolute atomic E-state index is 13.7. The average Bonchev–Trinajstić information content (AvgIpc) is 3.35. The minimum atomic E-state index is -1.20. The van der Waals surface area contributed by atoms with E-state index in [-0.39, 0.29) is 30.1 Å². The molecule has 35 heavy (non-hydrogen) atoms. The van der Waals surface area contributed by atoms with Crippen molar-refractivity contribution >= 4 is 17.3 Å². The van der Waals surface area contributed by atoms with Crippen molar-refractivity contribution in [3.63, 3.8) is 0 Å². The maximum Gasteiger partial charge on any atom is 0.336 e. The summed E-state index contributed by atoms with van der Waals surface area (Å²) in [6.45, 7) is 2.19. The number of aromatic nitrogens is 1. The van der Waals surface area contributed by atoms with Crippen LogP contribution >= 0.6 is 0 Å². The van der Waals surface area contributed by atoms with Gasteiger partial charge in [0.05, 0.1) is 12.7 Å². The van der Waals surface area contributed by atoms with E-state index in [1.54, 1.807) is 55.8 Å². The second kappa shape index (κ2) is 10.9. The lowest BCUT2D eigenvalue weighted by atomic mass is 9.89. The SMILES string of the molecule is CCCCc1ccc(C/C(C(=O)c2ccc(OC)cc2)=C(/C(=O)O)c2ccc3c(c2)OCO3)cn1. The first kappa shape index (κ1) is 24.0. The third-order valence-electron chi connectivity index (χ3n) is 5.86. The summed E-state index contributed by atoms with van der Waals surface area (Å²) in [6.07, 6.45) is 4.82. The van der Waals surface area contributed by atoms with Gasteiger partial charge in [-0.1, -0.05) is 25.5 Å². The Morgan fingerprint density at radius 2 is 1.74 bits per heavy atom. The Morgan fingerprint density at radius 3 is 2.40 bits per heavy atom. The summed E-state index contributed by atoms with van der Waals surface area (Å²) >= 11 is 0. The van der Waals surface area contributed by atoms with E-state index in [4.69, 9.17) is 14.2 Å². The van der Waals surface area contributed by atoms with Crippen molar-refractivity contribution in [3.05, 3.63) is 88.8 Å². The van der Waals surface area contributed by atoms with Crippen LogP contribution in [-0.2, 0) is 17.6 Å². The van der Waals surface area contributed by atoms with Gasteiger partial charge in [-0.2, -0.15) is 0 Å². The molecule has 0 unspecified atom stereocenters. The number of ether oxygens (including phenoxy) is 3. The molecule has 0 amide bonds. The topological polar surface area (TPSA) is 95.0 Å². The van der Waals surface area contributed by atoms with Gasteiger partial charge >= 0.3 is 5.97 Å². The number of benzene rings is 2. The molecular formula is C28H27NO6. The van der Waals surface area contributed by atoms with E-state index in [9.17, 15) is 14.7 Å². The molecule has 0 atom stereocenters. The molecule has 0 saturated heterocycles. The van der Waals surface area contributed by atoms with Crippen LogP contribution in [0.15, 0.2) is 66.4 Å². The first-order valence-electron chi connectivity index (χ1n) is 11.5. The Morgan fingerprint density at radius 1 is 1.00 bits per heavy atom. The first-order chi connectivity index (χ1) is 17.0. The molecule has 4 rings (SSSR count). The monoisotopic (exact) mass is 473 g/mol. The van der Waals surface area contributed by atoms with E-state index in [0.717, 1.165) is 30.5 Å². The van der Waals surface area contributed by atoms with E-state index >= 15 is 0 Å². The molecule has 3 aromatic rings. The number of rotatable bonds is 10. The van der Waals surface area contributed by atoms with Gasteiger partial charge in [-0.3, -0.25) is 9.78 Å². The van der Waals surface area contributed by atoms with Crippen molar-refractivity contribution in [1.82, 2.24) is 4.98 Å². The Labute approximate surface area is 204 Å². The molecule has 1 aromatic heterocycles. The number of pyridine rings is 1. The van der Waals surface area contributed by atoms with Crippen molar-refractivity contribution in [2.75, 3.05) is 13.9 Å². The van der Waals surface area contributed by atoms with Crippen LogP contribution in [-0.4, -0.2) is 35.7 Å². The van der Waals surface area contributed by atoms with Gasteiger partial charge in [-0.15, -0.1) is 0 Å². The minimum absolute atomic E-state index is 0.0680. The lowest BCUT2D eigenvalue weighted by Gasteiger charge is -2.14. The molecule has 7 heteroatoms. The number of nitrogens with zero attached hydrogens (tertiary/aromatic N) is 1. The number of hydrogen-bond donors (Lipinski definition) is 1. The summed E-state index contributed by atoms with van der Waals surface area (Å²) < 4.78 is 16.0. The number of allylic oxidation sites excluding steroid dienone is 1. The molecule has 180 valence electrons. The Hall–Kier alpha value is -4.13. The van der Waals surface area contributed by atoms with Crippen molar-refractivity contribution in [1.29, 1.82) is 0 Å². The van der Waals surface area contributed by atoms with Gasteiger partial charge in [-0.25, -0.2) is 4.79 Å². The highest BCUT2D eigenvalue weighted by atomic mass is 16.7. The second-order valence-electron chi connectivity index (χ2n) is 8.22. The van der Waals surface area contributed by atoms with Crippen molar-refractivity contribution in [3.8, 4) is 17.2 Å². The molecule has 1 N–H and O–H groups in total. The van der Waals surface area contributed by atoms with Crippen LogP contribution in [0.3, 0.4) is 0 Å². The van der Waals surface area contributed by atoms with Crippen LogP contribution in [0.25, 0.3) is 5.57 Å². The van der Waals surface area contributed by atoms with Crippen LogP contribution in [0.1, 0.15) is 46.9 Å². The minimum Gasteiger partial charge on any atom is -0.497 e. The van der Waals surface area contributed by atoms with E-state index in [0.29, 0.717) is 28.4 Å². The predicted molar refractivity (Wildman–Crippen MR) is 131 cm³/mol. The zero-order valence-corrected chi connectivity index (χ0v) is 19.7. The third-order valence-corrected chi connectivity index (χ3v) is 5.86. The van der Waals surface area contributed by atoms with Gasteiger partial charge < -0.3 is 19.3 Å². The van der Waals surface area contributed by atoms with Crippen molar-refractivity contribution in [2.45, 2.75) is 32.6 Å². The van der Waals surface area contributed by atoms with Crippen LogP contribution in [0.4, 0.5) is 0 Å². The number of carboxylic acid groups (broad SMARTS) is 1. The number of carbonyl (C=O) groups is 2. The summed E-state index contributed by atoms with van der Waals surface area (Å²) in [6, 6.07) is 15.3. The van der Waals surface area contributed by atoms with Crippen molar-refractivity contribution < 1.29 is 28.9 Å². The second-order valence-corrected chi connectivity index (χ2v) is 8.22. The van der Waals surface area contributed by atoms with Crippen LogP contribution in [0, 0.1) is 0 Å². The molecule has 1 aliphatic rings. The number of ketones is 1. The highest BCUT2D eigenvalue weighted by molar-refractivity contribution is 6.26. The molecule has 0 fully saturated rings. The molecule has 0 radical (unpaired) electrons. The molecule has 0 spiro atoms. The fraction of sp³-hybridized carbons (Fsp3) is 0.250. The lowest BCUT2D eigenvalue weighted by molar-refractivity contribution is -0.130. The fourth-order valence-corrected chi connectivity index (χ4v) is 3.95. The highest BCUT2D eigenvalue weighted by Crippen LogP contribution is 2.36. The standard InChI is InChI=1S/C28H27NO6/c1-3-4-5-21-10-6-18(16-29-21)14-23(27(30)19-7-11-22(33-2)12-8-19)26(28(31)32)20-9-13-24-25(15-20)35-17-34-24/h6-13,15-16H,3-5,14,17H2,1-2H3,(H,31,32)/b26-23-. The van der Waals surface area contributed by atoms with Crippen LogP contribution < -0.4 is 14.2 Å². The van der Waals surface area contributed by atoms with Gasteiger partial charge in [0, 0.05) is 29.4 Å². The van der Waals surface area contributed by atoms with Gasteiger partial charge in [0.15, 0.2) is 17.3 Å². The van der Waals surface area contributed by atoms with E-state index < -0.39 is 5.97 Å². The summed E-state index contributed by atoms with van der Waals surface area (Å²) in [5.74, 6) is 0.00651. The number of fused-ring (bicyclic) bond motifs is 1. The summed E-state index contributed by atoms with van der Waals surface area (Å²) in [7, 11) is 1.54. The number of unbranched alkanes of at least 4 members (excludes halogenated alkanes) is 1. The lowest BCUT2D eigenvalue weighted by Crippen LogP contribution is -2.14. The zero-order chi connectivity index (χ0) is 24.8. The Bertz CT molecular complexity index is 1250. The molecular weight excluding hydrogens is 446 g/mol. The molecule has 0 bridgehead atoms. The van der Waals surface area contributed by atoms with E-state index in [2.05, 4.69) is 11.9 Å². The number of aryl methyl sites for hydroxylation is 1. The first-order valence-corrected chi connectivity index (χ1v) is 11.5. The Kier molecular flexibility index (Phi) is 7.45. The largest absolute Gasteiger partial charge is 0.497 e. The Balaban J connectivity index is 1.78. The van der Waals surface area contributed by atoms with Crippen molar-refractivity contribution in [2.24, 2.45) is 0 Å². The maximum atomic E-state index is 13.7. The summed E-state index contributed by atoms with van der Waals surface area (Å²) in [5.41, 5.74) is 2.53. The van der Waals surface area contributed by atoms with Gasteiger partial charge in [0.2, 0.25) is 6.79 Å². The summed E-state index contributed by atoms with van der Waals surface area (Å²) in [4.78, 5) is 30.7. The fourth-order valence-electron chi connectivity index (χ4n) is 3.95. The third kappa shape index (κ3) is 5.51. The number of aliphatic carboxylic acids is 1. The van der Waals surface area contributed by atoms with Crippen LogP contribution in [0.5, 0.6) is 17.2 Å². The number of Topliss-reactive ketones (excluding diaryl/α,β-unsaturated/α-hetero) is 1. The number of carbonyl (C=O) groups excluding carboxylic acids is 1. The molecule has 2 heterocycles. The molecule has 2 aromatic carbocycles. The van der Waals surface area contributed by atoms with Gasteiger partial charge in [0.25, 0.3) is 0 Å². The molecule has 0 aliphatic carbocycles. The van der Waals surface area contributed by atoms with E-state index in [1.165, 1.54) is 0 Å². The molecule has 1 aliphatic heterocycles. The summed E-state index contributed by atoms with van der Waals surface area (Å²) in [5, 5.41) is 10.2. The number of hydrogen-bond acceptors (Lipinski definition) is 6. The number of methoxy groups -OCH3 is 1. The van der Waals surface area contributed by atoms with Gasteiger partial charge in [-0.05, 0) is 66.4 Å². The average molecular weight is 474 g/mol. The molecule has 7 nitrogen and oxygen atoms in total. The van der Waals surface area contributed by atoms with E-state index in [1.807, 2.05) is 12.1 Å². The quantitative estimate of drug-likeness (QED) is 0.322. The molecule has 0 saturated carbocycles. The normalized spacial score (nSPS) is 12.7. The number of carboxylic acids is 1.